The fourth-order valence-corrected chi connectivity index (χ4v) is 2.23. The molecule has 1 atom stereocenters. The van der Waals surface area contributed by atoms with Gasteiger partial charge in [-0.2, -0.15) is 5.26 Å². The maximum atomic E-state index is 11.5. The van der Waals surface area contributed by atoms with E-state index in [0.717, 1.165) is 12.8 Å². The highest BCUT2D eigenvalue weighted by Crippen LogP contribution is 2.01. The predicted molar refractivity (Wildman–Crippen MR) is 62.3 cm³/mol. The lowest BCUT2D eigenvalue weighted by Gasteiger charge is -2.10. The monoisotopic (exact) mass is 248 g/mol. The van der Waals surface area contributed by atoms with E-state index in [4.69, 9.17) is 10.00 Å². The topological polar surface area (TPSA) is 79.2 Å². The summed E-state index contributed by atoms with van der Waals surface area (Å²) in [6, 6.07) is 1.76. The first-order valence-electron chi connectivity index (χ1n) is 5.54. The van der Waals surface area contributed by atoms with Gasteiger partial charge in [-0.3, -0.25) is 0 Å². The third-order valence-corrected chi connectivity index (χ3v) is 3.88. The third-order valence-electron chi connectivity index (χ3n) is 2.08. The SMILES string of the molecule is CCCCOCCNS(=O)(=O)C(C#N)CC. The molecule has 1 unspecified atom stereocenters. The Morgan fingerprint density at radius 2 is 2.06 bits per heavy atom. The largest absolute Gasteiger partial charge is 0.380 e. The van der Waals surface area contributed by atoms with Gasteiger partial charge in [-0.25, -0.2) is 13.1 Å². The number of hydrogen-bond donors (Lipinski definition) is 1. The summed E-state index contributed by atoms with van der Waals surface area (Å²) in [6.45, 7) is 4.95. The van der Waals surface area contributed by atoms with Crippen molar-refractivity contribution in [3.05, 3.63) is 0 Å². The molecule has 0 bridgehead atoms. The van der Waals surface area contributed by atoms with Crippen molar-refractivity contribution in [3.63, 3.8) is 0 Å². The average Bonchev–Trinajstić information content (AvgIpc) is 2.24. The first-order chi connectivity index (χ1) is 7.58. The van der Waals surface area contributed by atoms with E-state index in [0.29, 0.717) is 19.6 Å². The molecule has 0 aromatic carbocycles. The molecule has 0 aliphatic heterocycles. The van der Waals surface area contributed by atoms with E-state index in [1.807, 2.05) is 0 Å². The number of unbranched alkanes of at least 4 members (excludes halogenated alkanes) is 1. The van der Waals surface area contributed by atoms with Crippen LogP contribution in [0.15, 0.2) is 0 Å². The van der Waals surface area contributed by atoms with Crippen molar-refractivity contribution in [2.45, 2.75) is 38.4 Å². The smallest absolute Gasteiger partial charge is 0.228 e. The van der Waals surface area contributed by atoms with Crippen molar-refractivity contribution >= 4 is 10.0 Å². The fraction of sp³-hybridized carbons (Fsp3) is 0.900. The lowest BCUT2D eigenvalue weighted by atomic mass is 10.4. The second-order valence-corrected chi connectivity index (χ2v) is 5.38. The summed E-state index contributed by atoms with van der Waals surface area (Å²) < 4.78 is 30.6. The zero-order valence-corrected chi connectivity index (χ0v) is 10.7. The molecule has 0 fully saturated rings. The van der Waals surface area contributed by atoms with E-state index in [2.05, 4.69) is 11.6 Å². The van der Waals surface area contributed by atoms with E-state index >= 15 is 0 Å². The molecular formula is C10H20N2O3S. The molecular weight excluding hydrogens is 228 g/mol. The van der Waals surface area contributed by atoms with Gasteiger partial charge in [-0.05, 0) is 12.8 Å². The molecule has 0 amide bonds. The van der Waals surface area contributed by atoms with Crippen molar-refractivity contribution in [2.75, 3.05) is 19.8 Å². The molecule has 0 aromatic heterocycles. The van der Waals surface area contributed by atoms with Gasteiger partial charge in [0.1, 0.15) is 0 Å². The van der Waals surface area contributed by atoms with Crippen LogP contribution < -0.4 is 4.72 Å². The standard InChI is InChI=1S/C10H20N2O3S/c1-3-5-7-15-8-6-12-16(13,14)10(4-2)9-11/h10,12H,3-8H2,1-2H3. The van der Waals surface area contributed by atoms with Gasteiger partial charge in [-0.1, -0.05) is 20.3 Å². The Morgan fingerprint density at radius 1 is 1.38 bits per heavy atom. The normalized spacial score (nSPS) is 13.3. The quantitative estimate of drug-likeness (QED) is 0.618. The third kappa shape index (κ3) is 6.05. The number of nitriles is 1. The summed E-state index contributed by atoms with van der Waals surface area (Å²) in [4.78, 5) is 0. The van der Waals surface area contributed by atoms with Gasteiger partial charge in [0.25, 0.3) is 0 Å². The predicted octanol–water partition coefficient (Wildman–Crippen LogP) is 1.02. The lowest BCUT2D eigenvalue weighted by molar-refractivity contribution is 0.136. The van der Waals surface area contributed by atoms with Gasteiger partial charge in [0.05, 0.1) is 12.7 Å². The summed E-state index contributed by atoms with van der Waals surface area (Å²) in [5.41, 5.74) is 0. The summed E-state index contributed by atoms with van der Waals surface area (Å²) >= 11 is 0. The molecule has 94 valence electrons. The van der Waals surface area contributed by atoms with Crippen LogP contribution in [-0.4, -0.2) is 33.4 Å². The highest BCUT2D eigenvalue weighted by molar-refractivity contribution is 7.90. The van der Waals surface area contributed by atoms with Gasteiger partial charge in [0, 0.05) is 13.2 Å². The Kier molecular flexibility index (Phi) is 8.16. The summed E-state index contributed by atoms with van der Waals surface area (Å²) in [7, 11) is -3.51. The van der Waals surface area contributed by atoms with Crippen molar-refractivity contribution in [1.82, 2.24) is 4.72 Å². The van der Waals surface area contributed by atoms with Crippen LogP contribution in [0.3, 0.4) is 0 Å². The van der Waals surface area contributed by atoms with Crippen LogP contribution in [0.2, 0.25) is 0 Å². The van der Waals surface area contributed by atoms with Gasteiger partial charge >= 0.3 is 0 Å². The maximum absolute atomic E-state index is 11.5. The number of rotatable bonds is 9. The maximum Gasteiger partial charge on any atom is 0.228 e. The van der Waals surface area contributed by atoms with Crippen LogP contribution in [-0.2, 0) is 14.8 Å². The molecule has 0 saturated heterocycles. The molecule has 1 N–H and O–H groups in total. The zero-order chi connectivity index (χ0) is 12.4. The lowest BCUT2D eigenvalue weighted by Crippen LogP contribution is -2.35. The molecule has 5 nitrogen and oxygen atoms in total. The Hall–Kier alpha value is -0.640. The van der Waals surface area contributed by atoms with Crippen LogP contribution in [0, 0.1) is 11.3 Å². The van der Waals surface area contributed by atoms with Crippen LogP contribution in [0.4, 0.5) is 0 Å². The van der Waals surface area contributed by atoms with Gasteiger partial charge < -0.3 is 4.74 Å². The second kappa shape index (κ2) is 8.50. The van der Waals surface area contributed by atoms with Crippen molar-refractivity contribution in [1.29, 1.82) is 5.26 Å². The molecule has 0 saturated carbocycles. The molecule has 6 heteroatoms. The number of nitrogens with one attached hydrogen (secondary N) is 1. The number of sulfonamides is 1. The minimum Gasteiger partial charge on any atom is -0.380 e. The van der Waals surface area contributed by atoms with Crippen LogP contribution >= 0.6 is 0 Å². The van der Waals surface area contributed by atoms with E-state index in [9.17, 15) is 8.42 Å². The minimum absolute atomic E-state index is 0.226. The summed E-state index contributed by atoms with van der Waals surface area (Å²) in [6.07, 6.45) is 2.32. The van der Waals surface area contributed by atoms with Gasteiger partial charge in [0.15, 0.2) is 5.25 Å². The highest BCUT2D eigenvalue weighted by atomic mass is 32.2. The summed E-state index contributed by atoms with van der Waals surface area (Å²) in [5, 5.41) is 7.66. The van der Waals surface area contributed by atoms with Crippen LogP contribution in [0.5, 0.6) is 0 Å². The second-order valence-electron chi connectivity index (χ2n) is 3.43. The minimum atomic E-state index is -3.51. The Morgan fingerprint density at radius 3 is 2.56 bits per heavy atom. The number of ether oxygens (including phenoxy) is 1. The van der Waals surface area contributed by atoms with Crippen molar-refractivity contribution in [3.8, 4) is 6.07 Å². The molecule has 0 radical (unpaired) electrons. The molecule has 0 rings (SSSR count). The van der Waals surface area contributed by atoms with Gasteiger partial charge in [0.2, 0.25) is 10.0 Å². The van der Waals surface area contributed by atoms with Crippen molar-refractivity contribution in [2.24, 2.45) is 0 Å². The number of nitrogens with zero attached hydrogens (tertiary/aromatic N) is 1. The van der Waals surface area contributed by atoms with E-state index in [-0.39, 0.29) is 6.54 Å². The highest BCUT2D eigenvalue weighted by Gasteiger charge is 2.22. The van der Waals surface area contributed by atoms with E-state index in [1.54, 1.807) is 13.0 Å². The Balaban J connectivity index is 3.80. The van der Waals surface area contributed by atoms with Crippen molar-refractivity contribution < 1.29 is 13.2 Å². The number of hydrogen-bond acceptors (Lipinski definition) is 4. The zero-order valence-electron chi connectivity index (χ0n) is 9.90. The Labute approximate surface area is 97.8 Å². The molecule has 0 aliphatic rings. The Bertz CT molecular complexity index is 309. The van der Waals surface area contributed by atoms with E-state index in [1.165, 1.54) is 0 Å². The molecule has 0 spiro atoms. The van der Waals surface area contributed by atoms with Crippen LogP contribution in [0.25, 0.3) is 0 Å². The fourth-order valence-electron chi connectivity index (χ4n) is 1.09. The molecule has 0 heterocycles. The molecule has 0 aromatic rings. The first kappa shape index (κ1) is 15.4. The first-order valence-corrected chi connectivity index (χ1v) is 7.09. The van der Waals surface area contributed by atoms with Gasteiger partial charge in [-0.15, -0.1) is 0 Å². The van der Waals surface area contributed by atoms with Crippen LogP contribution in [0.1, 0.15) is 33.1 Å². The average molecular weight is 248 g/mol. The summed E-state index contributed by atoms with van der Waals surface area (Å²) in [5.74, 6) is 0. The molecule has 16 heavy (non-hydrogen) atoms. The molecule has 0 aliphatic carbocycles. The van der Waals surface area contributed by atoms with E-state index < -0.39 is 15.3 Å².